The lowest BCUT2D eigenvalue weighted by Crippen LogP contribution is -2.29. The van der Waals surface area contributed by atoms with Crippen molar-refractivity contribution in [2.45, 2.75) is 51.5 Å². The Hall–Kier alpha value is -0.900. The largest absolute Gasteiger partial charge is 0.317 e. The number of nitrogens with zero attached hydrogens (tertiary/aromatic N) is 3. The van der Waals surface area contributed by atoms with Crippen LogP contribution in [0.15, 0.2) is 0 Å². The van der Waals surface area contributed by atoms with Crippen molar-refractivity contribution in [2.24, 2.45) is 5.92 Å². The average molecular weight is 234 g/mol. The molecule has 1 aromatic heterocycles. The topological polar surface area (TPSA) is 42.7 Å². The zero-order valence-electron chi connectivity index (χ0n) is 10.5. The van der Waals surface area contributed by atoms with Crippen molar-refractivity contribution >= 4 is 0 Å². The van der Waals surface area contributed by atoms with E-state index in [1.54, 1.807) is 0 Å². The monoisotopic (exact) mass is 234 g/mol. The van der Waals surface area contributed by atoms with E-state index in [-0.39, 0.29) is 0 Å². The molecule has 94 valence electrons. The van der Waals surface area contributed by atoms with Crippen LogP contribution in [0.25, 0.3) is 0 Å². The number of aromatic nitrogens is 3. The van der Waals surface area contributed by atoms with Gasteiger partial charge >= 0.3 is 0 Å². The van der Waals surface area contributed by atoms with Gasteiger partial charge in [-0.3, -0.25) is 0 Å². The van der Waals surface area contributed by atoms with Crippen molar-refractivity contribution < 1.29 is 0 Å². The van der Waals surface area contributed by atoms with Crippen LogP contribution < -0.4 is 5.32 Å². The lowest BCUT2D eigenvalue weighted by atomic mass is 9.94. The van der Waals surface area contributed by atoms with E-state index >= 15 is 0 Å². The van der Waals surface area contributed by atoms with Crippen LogP contribution in [0.2, 0.25) is 0 Å². The van der Waals surface area contributed by atoms with Crippen LogP contribution in [-0.2, 0) is 19.4 Å². The fourth-order valence-corrected chi connectivity index (χ4v) is 3.04. The molecule has 17 heavy (non-hydrogen) atoms. The highest BCUT2D eigenvalue weighted by atomic mass is 15.3. The lowest BCUT2D eigenvalue weighted by molar-refractivity contribution is 0.362. The quantitative estimate of drug-likeness (QED) is 0.844. The molecule has 4 nitrogen and oxygen atoms in total. The third-order valence-electron chi connectivity index (χ3n) is 4.12. The van der Waals surface area contributed by atoms with E-state index in [0.717, 1.165) is 25.3 Å². The number of hydrogen-bond acceptors (Lipinski definition) is 3. The maximum absolute atomic E-state index is 4.43. The summed E-state index contributed by atoms with van der Waals surface area (Å²) in [5, 5.41) is 12.2. The summed E-state index contributed by atoms with van der Waals surface area (Å²) in [6.45, 7) is 3.49. The van der Waals surface area contributed by atoms with E-state index in [4.69, 9.17) is 0 Å². The van der Waals surface area contributed by atoms with Crippen molar-refractivity contribution in [3.05, 3.63) is 11.6 Å². The highest BCUT2D eigenvalue weighted by molar-refractivity contribution is 4.99. The van der Waals surface area contributed by atoms with Gasteiger partial charge in [-0.1, -0.05) is 6.42 Å². The van der Waals surface area contributed by atoms with Crippen molar-refractivity contribution in [3.8, 4) is 0 Å². The zero-order chi connectivity index (χ0) is 11.5. The van der Waals surface area contributed by atoms with Gasteiger partial charge in [0.2, 0.25) is 0 Å². The Bertz CT molecular complexity index is 365. The van der Waals surface area contributed by atoms with Gasteiger partial charge in [-0.15, -0.1) is 10.2 Å². The Labute approximate surface area is 103 Å². The number of nitrogens with one attached hydrogen (secondary N) is 1. The summed E-state index contributed by atoms with van der Waals surface area (Å²) in [4.78, 5) is 0. The van der Waals surface area contributed by atoms with E-state index in [1.165, 1.54) is 56.8 Å². The van der Waals surface area contributed by atoms with Gasteiger partial charge in [0, 0.05) is 19.4 Å². The summed E-state index contributed by atoms with van der Waals surface area (Å²) in [5.74, 6) is 3.29. The number of rotatable bonds is 2. The zero-order valence-corrected chi connectivity index (χ0v) is 10.5. The Morgan fingerprint density at radius 2 is 2.00 bits per heavy atom. The number of aryl methyl sites for hydroxylation is 1. The first kappa shape index (κ1) is 11.2. The van der Waals surface area contributed by atoms with Crippen molar-refractivity contribution in [1.82, 2.24) is 20.1 Å². The normalized spacial score (nSPS) is 22.1. The third-order valence-corrected chi connectivity index (χ3v) is 4.12. The van der Waals surface area contributed by atoms with Crippen LogP contribution in [0, 0.1) is 5.92 Å². The van der Waals surface area contributed by atoms with Crippen molar-refractivity contribution in [2.75, 3.05) is 13.1 Å². The predicted molar refractivity (Wildman–Crippen MR) is 66.9 cm³/mol. The van der Waals surface area contributed by atoms with Crippen LogP contribution in [-0.4, -0.2) is 27.9 Å². The van der Waals surface area contributed by atoms with Gasteiger partial charge < -0.3 is 9.88 Å². The minimum absolute atomic E-state index is 0.813. The van der Waals surface area contributed by atoms with Gasteiger partial charge in [0.05, 0.1) is 0 Å². The van der Waals surface area contributed by atoms with Crippen LogP contribution in [0.4, 0.5) is 0 Å². The molecule has 1 aromatic rings. The minimum Gasteiger partial charge on any atom is -0.317 e. The molecule has 4 heteroatoms. The first-order valence-corrected chi connectivity index (χ1v) is 7.05. The van der Waals surface area contributed by atoms with E-state index in [9.17, 15) is 0 Å². The second-order valence-electron chi connectivity index (χ2n) is 5.39. The first-order valence-electron chi connectivity index (χ1n) is 7.05. The molecular formula is C13H22N4. The average Bonchev–Trinajstić information content (AvgIpc) is 2.61. The number of fused-ring (bicyclic) bond motifs is 1. The highest BCUT2D eigenvalue weighted by Crippen LogP contribution is 2.20. The predicted octanol–water partition coefficient (Wildman–Crippen LogP) is 1.55. The molecule has 0 amide bonds. The van der Waals surface area contributed by atoms with Crippen LogP contribution in [0.5, 0.6) is 0 Å². The Balaban J connectivity index is 1.71. The number of hydrogen-bond donors (Lipinski definition) is 1. The fraction of sp³-hybridized carbons (Fsp3) is 0.846. The first-order chi connectivity index (χ1) is 8.43. The molecule has 0 aromatic carbocycles. The summed E-state index contributed by atoms with van der Waals surface area (Å²) >= 11 is 0. The van der Waals surface area contributed by atoms with E-state index < -0.39 is 0 Å². The molecule has 0 radical (unpaired) electrons. The smallest absolute Gasteiger partial charge is 0.133 e. The maximum Gasteiger partial charge on any atom is 0.133 e. The molecule has 1 N–H and O–H groups in total. The molecule has 2 aliphatic rings. The van der Waals surface area contributed by atoms with E-state index in [2.05, 4.69) is 20.1 Å². The Morgan fingerprint density at radius 3 is 2.88 bits per heavy atom. The van der Waals surface area contributed by atoms with Crippen molar-refractivity contribution in [1.29, 1.82) is 0 Å². The van der Waals surface area contributed by atoms with Gasteiger partial charge in [0.1, 0.15) is 11.6 Å². The fourth-order valence-electron chi connectivity index (χ4n) is 3.04. The molecule has 3 rings (SSSR count). The molecule has 1 fully saturated rings. The Morgan fingerprint density at radius 1 is 1.12 bits per heavy atom. The summed E-state index contributed by atoms with van der Waals surface area (Å²) in [6.07, 6.45) is 8.77. The van der Waals surface area contributed by atoms with E-state index in [1.807, 2.05) is 0 Å². The summed E-state index contributed by atoms with van der Waals surface area (Å²) < 4.78 is 2.40. The maximum atomic E-state index is 4.43. The van der Waals surface area contributed by atoms with Gasteiger partial charge in [-0.25, -0.2) is 0 Å². The molecule has 0 spiro atoms. The van der Waals surface area contributed by atoms with Crippen LogP contribution in [0.1, 0.15) is 43.8 Å². The van der Waals surface area contributed by atoms with Crippen LogP contribution >= 0.6 is 0 Å². The standard InChI is InChI=1S/C13H22N4/c1-2-4-12-15-16-13(17(12)9-3-1)10-11-5-7-14-8-6-11/h11,14H,1-10H2. The molecule has 2 aliphatic heterocycles. The Kier molecular flexibility index (Phi) is 3.41. The molecule has 0 aliphatic carbocycles. The molecule has 0 atom stereocenters. The van der Waals surface area contributed by atoms with Gasteiger partial charge in [-0.05, 0) is 44.7 Å². The summed E-state index contributed by atoms with van der Waals surface area (Å²) in [7, 11) is 0. The summed E-state index contributed by atoms with van der Waals surface area (Å²) in [5.41, 5.74) is 0. The second kappa shape index (κ2) is 5.17. The third kappa shape index (κ3) is 2.51. The van der Waals surface area contributed by atoms with Gasteiger partial charge in [-0.2, -0.15) is 0 Å². The highest BCUT2D eigenvalue weighted by Gasteiger charge is 2.19. The SMILES string of the molecule is C1CCc2nnc(CC3CCNCC3)n2CC1. The summed E-state index contributed by atoms with van der Waals surface area (Å²) in [6, 6.07) is 0. The molecular weight excluding hydrogens is 212 g/mol. The number of piperidine rings is 1. The minimum atomic E-state index is 0.813. The van der Waals surface area contributed by atoms with Crippen LogP contribution in [0.3, 0.4) is 0 Å². The second-order valence-corrected chi connectivity index (χ2v) is 5.39. The van der Waals surface area contributed by atoms with E-state index in [0.29, 0.717) is 0 Å². The molecule has 0 saturated carbocycles. The lowest BCUT2D eigenvalue weighted by Gasteiger charge is -2.22. The van der Waals surface area contributed by atoms with Crippen molar-refractivity contribution in [3.63, 3.8) is 0 Å². The molecule has 0 unspecified atom stereocenters. The molecule has 3 heterocycles. The van der Waals surface area contributed by atoms with Gasteiger partial charge in [0.25, 0.3) is 0 Å². The molecule has 1 saturated heterocycles. The molecule has 0 bridgehead atoms. The van der Waals surface area contributed by atoms with Gasteiger partial charge in [0.15, 0.2) is 0 Å².